The van der Waals surface area contributed by atoms with E-state index in [4.69, 9.17) is 5.26 Å². The predicted molar refractivity (Wildman–Crippen MR) is 75.6 cm³/mol. The third-order valence-corrected chi connectivity index (χ3v) is 3.60. The van der Waals surface area contributed by atoms with E-state index in [-0.39, 0.29) is 11.5 Å². The fourth-order valence-corrected chi connectivity index (χ4v) is 2.53. The molecule has 1 N–H and O–H groups in total. The molecular weight excluding hydrogens is 299 g/mol. The highest BCUT2D eigenvalue weighted by Crippen LogP contribution is 2.33. The number of hydrogen-bond donors (Lipinski definition) is 1. The Morgan fingerprint density at radius 1 is 1.33 bits per heavy atom. The van der Waals surface area contributed by atoms with Crippen molar-refractivity contribution in [2.45, 2.75) is 25.9 Å². The Morgan fingerprint density at radius 3 is 2.57 bits per heavy atom. The van der Waals surface area contributed by atoms with Crippen molar-refractivity contribution < 1.29 is 13.2 Å². The van der Waals surface area contributed by atoms with Gasteiger partial charge in [-0.25, -0.2) is 4.98 Å². The van der Waals surface area contributed by atoms with Crippen LogP contribution in [0.25, 0.3) is 0 Å². The van der Waals surface area contributed by atoms with Gasteiger partial charge < -0.3 is 5.32 Å². The van der Waals surface area contributed by atoms with Crippen LogP contribution in [0.1, 0.15) is 36.6 Å². The van der Waals surface area contributed by atoms with Gasteiger partial charge >= 0.3 is 6.18 Å². The van der Waals surface area contributed by atoms with Gasteiger partial charge in [-0.3, -0.25) is 0 Å². The molecule has 0 aliphatic carbocycles. The summed E-state index contributed by atoms with van der Waals surface area (Å²) in [5.41, 5.74) is 0.306. The standard InChI is InChI=1S/C14H12F3N3S/c1-8(2)12-7-21-13(20-12)19-11-4-3-10(14(15,16)17)5-9(11)6-18/h3-5,7-8H,1-2H3,(H,19,20). The quantitative estimate of drug-likeness (QED) is 0.877. The summed E-state index contributed by atoms with van der Waals surface area (Å²) in [5, 5.41) is 14.3. The summed E-state index contributed by atoms with van der Waals surface area (Å²) in [4.78, 5) is 4.33. The van der Waals surface area contributed by atoms with Gasteiger partial charge in [-0.2, -0.15) is 18.4 Å². The molecule has 2 rings (SSSR count). The third kappa shape index (κ3) is 3.52. The Hall–Kier alpha value is -2.07. The van der Waals surface area contributed by atoms with Gasteiger partial charge in [0.25, 0.3) is 0 Å². The zero-order valence-corrected chi connectivity index (χ0v) is 12.1. The normalized spacial score (nSPS) is 11.5. The lowest BCUT2D eigenvalue weighted by molar-refractivity contribution is -0.137. The lowest BCUT2D eigenvalue weighted by Crippen LogP contribution is -2.06. The largest absolute Gasteiger partial charge is 0.416 e. The van der Waals surface area contributed by atoms with Crippen LogP contribution in [0.4, 0.5) is 24.0 Å². The summed E-state index contributed by atoms with van der Waals surface area (Å²) < 4.78 is 37.8. The lowest BCUT2D eigenvalue weighted by Gasteiger charge is -2.10. The number of nitrogens with zero attached hydrogens (tertiary/aromatic N) is 2. The molecule has 0 spiro atoms. The van der Waals surface area contributed by atoms with Crippen molar-refractivity contribution in [2.24, 2.45) is 0 Å². The first-order valence-corrected chi connectivity index (χ1v) is 7.03. The second-order valence-electron chi connectivity index (χ2n) is 4.73. The minimum atomic E-state index is -4.46. The number of thiazole rings is 1. The molecule has 0 aliphatic rings. The molecule has 110 valence electrons. The van der Waals surface area contributed by atoms with Gasteiger partial charge in [0.1, 0.15) is 6.07 Å². The molecule has 21 heavy (non-hydrogen) atoms. The number of aromatic nitrogens is 1. The molecule has 0 radical (unpaired) electrons. The molecule has 0 aliphatic heterocycles. The van der Waals surface area contributed by atoms with E-state index < -0.39 is 11.7 Å². The minimum absolute atomic E-state index is 0.0638. The van der Waals surface area contributed by atoms with Crippen LogP contribution in [-0.2, 0) is 6.18 Å². The van der Waals surface area contributed by atoms with E-state index in [1.165, 1.54) is 17.4 Å². The molecule has 0 saturated carbocycles. The minimum Gasteiger partial charge on any atom is -0.330 e. The molecule has 0 unspecified atom stereocenters. The Kier molecular flexibility index (Phi) is 4.19. The molecule has 0 atom stereocenters. The molecule has 2 aromatic rings. The summed E-state index contributed by atoms with van der Waals surface area (Å²) in [5.74, 6) is 0.264. The average molecular weight is 311 g/mol. The van der Waals surface area contributed by atoms with Crippen molar-refractivity contribution in [1.82, 2.24) is 4.98 Å². The molecule has 0 amide bonds. The van der Waals surface area contributed by atoms with Crippen molar-refractivity contribution in [3.8, 4) is 6.07 Å². The highest BCUT2D eigenvalue weighted by atomic mass is 32.1. The van der Waals surface area contributed by atoms with Gasteiger partial charge in [0.05, 0.1) is 22.5 Å². The highest BCUT2D eigenvalue weighted by molar-refractivity contribution is 7.13. The maximum atomic E-state index is 12.6. The van der Waals surface area contributed by atoms with Crippen molar-refractivity contribution in [1.29, 1.82) is 5.26 Å². The molecule has 0 saturated heterocycles. The highest BCUT2D eigenvalue weighted by Gasteiger charge is 2.31. The lowest BCUT2D eigenvalue weighted by atomic mass is 10.1. The van der Waals surface area contributed by atoms with Crippen LogP contribution in [-0.4, -0.2) is 4.98 Å². The smallest absolute Gasteiger partial charge is 0.330 e. The molecule has 0 bridgehead atoms. The topological polar surface area (TPSA) is 48.7 Å². The molecule has 3 nitrogen and oxygen atoms in total. The first-order chi connectivity index (χ1) is 9.81. The van der Waals surface area contributed by atoms with E-state index in [0.717, 1.165) is 17.8 Å². The SMILES string of the molecule is CC(C)c1csc(Nc2ccc(C(F)(F)F)cc2C#N)n1. The van der Waals surface area contributed by atoms with Gasteiger partial charge in [0.15, 0.2) is 5.13 Å². The van der Waals surface area contributed by atoms with Gasteiger partial charge in [-0.05, 0) is 24.1 Å². The van der Waals surface area contributed by atoms with Gasteiger partial charge in [0, 0.05) is 5.38 Å². The van der Waals surface area contributed by atoms with Gasteiger partial charge in [0.2, 0.25) is 0 Å². The molecule has 7 heteroatoms. The number of nitriles is 1. The molecule has 0 fully saturated rings. The Morgan fingerprint density at radius 2 is 2.05 bits per heavy atom. The number of benzene rings is 1. The number of halogens is 3. The zero-order chi connectivity index (χ0) is 15.6. The fraction of sp³-hybridized carbons (Fsp3) is 0.286. The van der Waals surface area contributed by atoms with Crippen LogP contribution in [0, 0.1) is 11.3 Å². The van der Waals surface area contributed by atoms with Crippen LogP contribution < -0.4 is 5.32 Å². The average Bonchev–Trinajstić information content (AvgIpc) is 2.86. The van der Waals surface area contributed by atoms with Crippen molar-refractivity contribution in [3.63, 3.8) is 0 Å². The summed E-state index contributed by atoms with van der Waals surface area (Å²) in [6.45, 7) is 4.00. The van der Waals surface area contributed by atoms with Crippen LogP contribution in [0.15, 0.2) is 23.6 Å². The van der Waals surface area contributed by atoms with Crippen molar-refractivity contribution in [2.75, 3.05) is 5.32 Å². The summed E-state index contributed by atoms with van der Waals surface area (Å²) in [6.07, 6.45) is -4.46. The van der Waals surface area contributed by atoms with E-state index in [1.807, 2.05) is 19.2 Å². The van der Waals surface area contributed by atoms with E-state index in [0.29, 0.717) is 10.8 Å². The van der Waals surface area contributed by atoms with E-state index in [9.17, 15) is 13.2 Å². The number of hydrogen-bond acceptors (Lipinski definition) is 4. The van der Waals surface area contributed by atoms with E-state index in [2.05, 4.69) is 10.3 Å². The van der Waals surface area contributed by atoms with Crippen LogP contribution in [0.5, 0.6) is 0 Å². The van der Waals surface area contributed by atoms with Crippen molar-refractivity contribution in [3.05, 3.63) is 40.4 Å². The summed E-state index contributed by atoms with van der Waals surface area (Å²) in [6, 6.07) is 4.80. The summed E-state index contributed by atoms with van der Waals surface area (Å²) in [7, 11) is 0. The van der Waals surface area contributed by atoms with Gasteiger partial charge in [-0.15, -0.1) is 11.3 Å². The van der Waals surface area contributed by atoms with Crippen LogP contribution in [0.3, 0.4) is 0 Å². The van der Waals surface area contributed by atoms with Crippen molar-refractivity contribution >= 4 is 22.2 Å². The number of anilines is 2. The third-order valence-electron chi connectivity index (χ3n) is 2.82. The van der Waals surface area contributed by atoms with Gasteiger partial charge in [-0.1, -0.05) is 13.8 Å². The molecule has 1 aromatic heterocycles. The Balaban J connectivity index is 2.30. The number of nitrogens with one attached hydrogen (secondary N) is 1. The monoisotopic (exact) mass is 311 g/mol. The van der Waals surface area contributed by atoms with Crippen LogP contribution >= 0.6 is 11.3 Å². The first kappa shape index (κ1) is 15.3. The Labute approximate surface area is 124 Å². The second kappa shape index (κ2) is 5.74. The van der Waals surface area contributed by atoms with E-state index in [1.54, 1.807) is 6.07 Å². The van der Waals surface area contributed by atoms with E-state index >= 15 is 0 Å². The fourth-order valence-electron chi connectivity index (χ4n) is 1.65. The zero-order valence-electron chi connectivity index (χ0n) is 11.3. The molecular formula is C14H12F3N3S. The molecule has 1 heterocycles. The second-order valence-corrected chi connectivity index (χ2v) is 5.59. The number of rotatable bonds is 3. The Bertz CT molecular complexity index is 684. The predicted octanol–water partition coefficient (Wildman–Crippen LogP) is 4.90. The number of alkyl halides is 3. The van der Waals surface area contributed by atoms with Crippen LogP contribution in [0.2, 0.25) is 0 Å². The maximum Gasteiger partial charge on any atom is 0.416 e. The molecule has 1 aromatic carbocycles. The maximum absolute atomic E-state index is 12.6. The first-order valence-electron chi connectivity index (χ1n) is 6.15. The summed E-state index contributed by atoms with van der Waals surface area (Å²) >= 11 is 1.35.